The van der Waals surface area contributed by atoms with Gasteiger partial charge in [0.15, 0.2) is 5.96 Å². The van der Waals surface area contributed by atoms with Gasteiger partial charge in [0.25, 0.3) is 0 Å². The van der Waals surface area contributed by atoms with Gasteiger partial charge in [-0.1, -0.05) is 0 Å². The van der Waals surface area contributed by atoms with Gasteiger partial charge in [0.2, 0.25) is 0 Å². The number of likely N-dealkylation sites (N-methyl/N-ethyl adjacent to an activating group) is 1. The molecule has 0 unspecified atom stereocenters. The molecule has 0 aromatic heterocycles. The Morgan fingerprint density at radius 2 is 1.95 bits per heavy atom. The van der Waals surface area contributed by atoms with Crippen molar-refractivity contribution in [1.29, 1.82) is 0 Å². The summed E-state index contributed by atoms with van der Waals surface area (Å²) >= 11 is 0. The maximum absolute atomic E-state index is 5.63. The molecule has 0 radical (unpaired) electrons. The minimum atomic E-state index is 0. The highest BCUT2D eigenvalue weighted by atomic mass is 127. The smallest absolute Gasteiger partial charge is 0.193 e. The lowest BCUT2D eigenvalue weighted by molar-refractivity contribution is 0.0730. The molecule has 0 bridgehead atoms. The van der Waals surface area contributed by atoms with Gasteiger partial charge < -0.3 is 24.4 Å². The molecule has 1 rings (SSSR count). The molecule has 7 heteroatoms. The highest BCUT2D eigenvalue weighted by molar-refractivity contribution is 14.0. The van der Waals surface area contributed by atoms with Crippen LogP contribution >= 0.6 is 24.0 Å². The molecular formula is C14H30IN3O3. The van der Waals surface area contributed by atoms with Gasteiger partial charge >= 0.3 is 0 Å². The number of hydrogen-bond acceptors (Lipinski definition) is 4. The van der Waals surface area contributed by atoms with Gasteiger partial charge in [0.1, 0.15) is 0 Å². The van der Waals surface area contributed by atoms with Crippen molar-refractivity contribution >= 4 is 29.9 Å². The van der Waals surface area contributed by atoms with E-state index >= 15 is 0 Å². The van der Waals surface area contributed by atoms with Crippen LogP contribution < -0.4 is 5.32 Å². The standard InChI is InChI=1S/C14H29N3O3.HI/c1-15-14(16-6-8-19-11-10-18-3)17(2)7-9-20-12-13-4-5-13;/h13H,4-12H2,1-3H3,(H,15,16);1H. The molecule has 1 saturated carbocycles. The predicted octanol–water partition coefficient (Wildman–Crippen LogP) is 1.20. The predicted molar refractivity (Wildman–Crippen MR) is 95.6 cm³/mol. The molecule has 21 heavy (non-hydrogen) atoms. The maximum atomic E-state index is 5.63. The van der Waals surface area contributed by atoms with Gasteiger partial charge in [-0.05, 0) is 18.8 Å². The molecular weight excluding hydrogens is 385 g/mol. The summed E-state index contributed by atoms with van der Waals surface area (Å²) in [7, 11) is 5.47. The van der Waals surface area contributed by atoms with Crippen LogP contribution in [-0.2, 0) is 14.2 Å². The van der Waals surface area contributed by atoms with E-state index in [-0.39, 0.29) is 24.0 Å². The number of aliphatic imine (C=N–C) groups is 1. The Labute approximate surface area is 145 Å². The Morgan fingerprint density at radius 1 is 1.19 bits per heavy atom. The zero-order valence-electron chi connectivity index (χ0n) is 13.5. The van der Waals surface area contributed by atoms with E-state index in [2.05, 4.69) is 15.2 Å². The van der Waals surface area contributed by atoms with Crippen LogP contribution in [0.25, 0.3) is 0 Å². The second-order valence-electron chi connectivity index (χ2n) is 5.02. The van der Waals surface area contributed by atoms with E-state index in [1.165, 1.54) is 12.8 Å². The summed E-state index contributed by atoms with van der Waals surface area (Å²) in [6.07, 6.45) is 2.67. The van der Waals surface area contributed by atoms with E-state index in [4.69, 9.17) is 14.2 Å². The van der Waals surface area contributed by atoms with Crippen LogP contribution in [0.15, 0.2) is 4.99 Å². The number of nitrogens with one attached hydrogen (secondary N) is 1. The maximum Gasteiger partial charge on any atom is 0.193 e. The average molecular weight is 415 g/mol. The molecule has 0 saturated heterocycles. The van der Waals surface area contributed by atoms with Gasteiger partial charge in [-0.25, -0.2) is 0 Å². The van der Waals surface area contributed by atoms with E-state index in [1.54, 1.807) is 14.2 Å². The lowest BCUT2D eigenvalue weighted by Gasteiger charge is -2.22. The number of ether oxygens (including phenoxy) is 3. The summed E-state index contributed by atoms with van der Waals surface area (Å²) in [5, 5.41) is 3.26. The molecule has 0 heterocycles. The zero-order valence-corrected chi connectivity index (χ0v) is 15.8. The minimum Gasteiger partial charge on any atom is -0.382 e. The van der Waals surface area contributed by atoms with Gasteiger partial charge in [-0.3, -0.25) is 4.99 Å². The fraction of sp³-hybridized carbons (Fsp3) is 0.929. The Hall–Kier alpha value is -0.120. The van der Waals surface area contributed by atoms with Crippen LogP contribution in [0, 0.1) is 5.92 Å². The number of guanidine groups is 1. The van der Waals surface area contributed by atoms with E-state index in [0.717, 1.165) is 38.2 Å². The van der Waals surface area contributed by atoms with Crippen molar-refractivity contribution < 1.29 is 14.2 Å². The molecule has 126 valence electrons. The third-order valence-corrected chi connectivity index (χ3v) is 3.16. The molecule has 1 aliphatic rings. The van der Waals surface area contributed by atoms with E-state index < -0.39 is 0 Å². The zero-order chi connectivity index (χ0) is 14.6. The van der Waals surface area contributed by atoms with E-state index in [1.807, 2.05) is 7.05 Å². The molecule has 1 fully saturated rings. The summed E-state index contributed by atoms with van der Waals surface area (Å²) in [5.41, 5.74) is 0. The molecule has 0 aromatic rings. The lowest BCUT2D eigenvalue weighted by atomic mass is 10.5. The summed E-state index contributed by atoms with van der Waals surface area (Å²) in [5.74, 6) is 1.69. The minimum absolute atomic E-state index is 0. The van der Waals surface area contributed by atoms with Crippen molar-refractivity contribution in [3.05, 3.63) is 0 Å². The summed E-state index contributed by atoms with van der Waals surface area (Å²) in [6, 6.07) is 0. The Balaban J connectivity index is 0.00000400. The molecule has 0 spiro atoms. The largest absolute Gasteiger partial charge is 0.382 e. The molecule has 1 aliphatic carbocycles. The highest BCUT2D eigenvalue weighted by Gasteiger charge is 2.21. The van der Waals surface area contributed by atoms with Crippen molar-refractivity contribution in [2.24, 2.45) is 10.9 Å². The van der Waals surface area contributed by atoms with E-state index in [0.29, 0.717) is 19.8 Å². The number of rotatable bonds is 11. The SMILES string of the molecule is CN=C(NCCOCCOC)N(C)CCOCC1CC1.I. The van der Waals surface area contributed by atoms with Crippen molar-refractivity contribution in [1.82, 2.24) is 10.2 Å². The van der Waals surface area contributed by atoms with Crippen molar-refractivity contribution in [2.45, 2.75) is 12.8 Å². The second kappa shape index (κ2) is 13.5. The third-order valence-electron chi connectivity index (χ3n) is 3.16. The first-order valence-electron chi connectivity index (χ1n) is 7.34. The summed E-state index contributed by atoms with van der Waals surface area (Å²) in [6.45, 7) is 5.15. The van der Waals surface area contributed by atoms with E-state index in [9.17, 15) is 0 Å². The van der Waals surface area contributed by atoms with Crippen molar-refractivity contribution in [3.63, 3.8) is 0 Å². The van der Waals surface area contributed by atoms with Crippen LogP contribution in [0.5, 0.6) is 0 Å². The topological polar surface area (TPSA) is 55.3 Å². The number of nitrogens with zero attached hydrogens (tertiary/aromatic N) is 2. The van der Waals surface area contributed by atoms with Gasteiger partial charge in [-0.15, -0.1) is 24.0 Å². The van der Waals surface area contributed by atoms with Gasteiger partial charge in [0.05, 0.1) is 26.4 Å². The monoisotopic (exact) mass is 415 g/mol. The first kappa shape index (κ1) is 20.9. The molecule has 1 N–H and O–H groups in total. The Kier molecular flexibility index (Phi) is 13.5. The van der Waals surface area contributed by atoms with Gasteiger partial charge in [-0.2, -0.15) is 0 Å². The van der Waals surface area contributed by atoms with Crippen LogP contribution in [0.1, 0.15) is 12.8 Å². The fourth-order valence-corrected chi connectivity index (χ4v) is 1.71. The average Bonchev–Trinajstić information content (AvgIpc) is 3.27. The van der Waals surface area contributed by atoms with Gasteiger partial charge in [0, 0.05) is 40.9 Å². The van der Waals surface area contributed by atoms with Crippen molar-refractivity contribution in [3.8, 4) is 0 Å². The third kappa shape index (κ3) is 11.1. The molecule has 0 atom stereocenters. The van der Waals surface area contributed by atoms with Crippen LogP contribution in [0.2, 0.25) is 0 Å². The summed E-state index contributed by atoms with van der Waals surface area (Å²) in [4.78, 5) is 6.32. The normalized spacial score (nSPS) is 14.7. The lowest BCUT2D eigenvalue weighted by Crippen LogP contribution is -2.41. The molecule has 0 aromatic carbocycles. The first-order valence-corrected chi connectivity index (χ1v) is 7.34. The van der Waals surface area contributed by atoms with Crippen LogP contribution in [0.3, 0.4) is 0 Å². The Bertz CT molecular complexity index is 276. The van der Waals surface area contributed by atoms with Crippen molar-refractivity contribution in [2.75, 3.05) is 67.3 Å². The van der Waals surface area contributed by atoms with Crippen LogP contribution in [0.4, 0.5) is 0 Å². The molecule has 0 amide bonds. The summed E-state index contributed by atoms with van der Waals surface area (Å²) < 4.78 is 15.9. The number of halogens is 1. The number of methoxy groups -OCH3 is 1. The molecule has 6 nitrogen and oxygen atoms in total. The fourth-order valence-electron chi connectivity index (χ4n) is 1.71. The highest BCUT2D eigenvalue weighted by Crippen LogP contribution is 2.28. The van der Waals surface area contributed by atoms with Crippen LogP contribution in [-0.4, -0.2) is 78.2 Å². The number of hydrogen-bond donors (Lipinski definition) is 1. The quantitative estimate of drug-likeness (QED) is 0.238. The molecule has 0 aliphatic heterocycles. The Morgan fingerprint density at radius 3 is 2.57 bits per heavy atom. The first-order chi connectivity index (χ1) is 9.77. The second-order valence-corrected chi connectivity index (χ2v) is 5.02.